The molecule has 0 unspecified atom stereocenters. The highest BCUT2D eigenvalue weighted by Gasteiger charge is 2.51. The predicted molar refractivity (Wildman–Crippen MR) is 140 cm³/mol. The van der Waals surface area contributed by atoms with E-state index in [-0.39, 0.29) is 10.8 Å². The van der Waals surface area contributed by atoms with Crippen LogP contribution < -0.4 is 14.8 Å². The third-order valence-corrected chi connectivity index (χ3v) is 7.89. The maximum atomic E-state index is 12.9. The first-order valence-electron chi connectivity index (χ1n) is 12.5. The van der Waals surface area contributed by atoms with Crippen LogP contribution in [0.25, 0.3) is 0 Å². The van der Waals surface area contributed by atoms with Gasteiger partial charge in [-0.05, 0) is 55.6 Å². The van der Waals surface area contributed by atoms with Crippen LogP contribution in [0.4, 0.5) is 18.9 Å². The summed E-state index contributed by atoms with van der Waals surface area (Å²) in [5, 5.41) is 10.2. The molecule has 2 aromatic rings. The van der Waals surface area contributed by atoms with Crippen molar-refractivity contribution in [3.05, 3.63) is 54.1 Å². The number of halogens is 3. The molecule has 0 atom stereocenters. The Morgan fingerprint density at radius 1 is 1.10 bits per heavy atom. The van der Waals surface area contributed by atoms with Gasteiger partial charge >= 0.3 is 12.1 Å². The van der Waals surface area contributed by atoms with E-state index in [0.717, 1.165) is 57.7 Å². The lowest BCUT2D eigenvalue weighted by atomic mass is 9.95. The molecule has 0 spiro atoms. The van der Waals surface area contributed by atoms with E-state index in [1.54, 1.807) is 24.3 Å². The SMILES string of the molecule is COc1cccc(S(=O)(=O)Nc2ccc(C3(C(=O)NCCCN4CCOCC4)CC3)cc2)c1.O=C(O)C(F)(F)F. The van der Waals surface area contributed by atoms with Gasteiger partial charge in [0.15, 0.2) is 0 Å². The van der Waals surface area contributed by atoms with Gasteiger partial charge in [0.05, 0.1) is 30.6 Å². The lowest BCUT2D eigenvalue weighted by molar-refractivity contribution is -0.192. The first-order chi connectivity index (χ1) is 18.9. The van der Waals surface area contributed by atoms with Crippen LogP contribution in [-0.4, -0.2) is 83.0 Å². The minimum Gasteiger partial charge on any atom is -0.497 e. The van der Waals surface area contributed by atoms with Crippen LogP contribution in [0.5, 0.6) is 5.75 Å². The standard InChI is InChI=1S/C24H31N3O5S.C2HF3O2/c1-31-21-4-2-5-22(18-21)33(29,30)26-20-8-6-19(7-9-20)24(10-11-24)23(28)25-12-3-13-27-14-16-32-17-15-27;3-2(4,5)1(6)7/h2,4-9,18,26H,3,10-17H2,1H3,(H,25,28);(H,6,7). The summed E-state index contributed by atoms with van der Waals surface area (Å²) in [7, 11) is -2.25. The Morgan fingerprint density at radius 2 is 1.73 bits per heavy atom. The first-order valence-corrected chi connectivity index (χ1v) is 14.0. The molecule has 0 radical (unpaired) electrons. The van der Waals surface area contributed by atoms with Crippen LogP contribution in [0.15, 0.2) is 53.4 Å². The van der Waals surface area contributed by atoms with Gasteiger partial charge in [-0.3, -0.25) is 14.4 Å². The Labute approximate surface area is 230 Å². The summed E-state index contributed by atoms with van der Waals surface area (Å²) in [6, 6.07) is 13.4. The maximum absolute atomic E-state index is 12.9. The molecule has 0 aromatic heterocycles. The number of methoxy groups -OCH3 is 1. The zero-order valence-corrected chi connectivity index (χ0v) is 22.7. The Kier molecular flexibility index (Phi) is 10.4. The number of carboxylic acid groups (broad SMARTS) is 1. The predicted octanol–water partition coefficient (Wildman–Crippen LogP) is 3.00. The monoisotopic (exact) mass is 587 g/mol. The summed E-state index contributed by atoms with van der Waals surface area (Å²) in [4.78, 5) is 24.2. The van der Waals surface area contributed by atoms with Crippen molar-refractivity contribution in [3.63, 3.8) is 0 Å². The molecule has 1 saturated carbocycles. The van der Waals surface area contributed by atoms with Crippen molar-refractivity contribution < 1.29 is 45.8 Å². The smallest absolute Gasteiger partial charge is 0.490 e. The van der Waals surface area contributed by atoms with Gasteiger partial charge in [0.1, 0.15) is 5.75 Å². The second kappa shape index (κ2) is 13.3. The average Bonchev–Trinajstić information content (AvgIpc) is 3.74. The van der Waals surface area contributed by atoms with Crippen LogP contribution in [0.2, 0.25) is 0 Å². The van der Waals surface area contributed by atoms with Gasteiger partial charge in [-0.15, -0.1) is 0 Å². The second-order valence-corrected chi connectivity index (χ2v) is 11.0. The lowest BCUT2D eigenvalue weighted by Crippen LogP contribution is -2.39. The molecular formula is C26H32F3N3O7S. The van der Waals surface area contributed by atoms with Crippen molar-refractivity contribution in [1.82, 2.24) is 10.2 Å². The van der Waals surface area contributed by atoms with Crippen molar-refractivity contribution >= 4 is 27.6 Å². The van der Waals surface area contributed by atoms with E-state index < -0.39 is 27.6 Å². The molecule has 14 heteroatoms. The number of nitrogens with one attached hydrogen (secondary N) is 2. The molecule has 4 rings (SSSR count). The molecule has 1 amide bonds. The number of amides is 1. The molecule has 2 aliphatic rings. The molecule has 1 aliphatic heterocycles. The number of nitrogens with zero attached hydrogens (tertiary/aromatic N) is 1. The topological polar surface area (TPSA) is 134 Å². The number of ether oxygens (including phenoxy) is 2. The first kappa shape index (κ1) is 31.2. The third kappa shape index (κ3) is 8.57. The van der Waals surface area contributed by atoms with Gasteiger partial charge in [0, 0.05) is 31.4 Å². The van der Waals surface area contributed by atoms with Gasteiger partial charge in [-0.2, -0.15) is 13.2 Å². The Balaban J connectivity index is 0.000000559. The molecule has 2 fully saturated rings. The number of morpholine rings is 1. The Morgan fingerprint density at radius 3 is 2.27 bits per heavy atom. The molecule has 0 bridgehead atoms. The normalized spacial score (nSPS) is 16.7. The van der Waals surface area contributed by atoms with Crippen LogP contribution in [0, 0.1) is 0 Å². The zero-order valence-electron chi connectivity index (χ0n) is 21.9. The quantitative estimate of drug-likeness (QED) is 0.362. The number of carbonyl (C=O) groups excluding carboxylic acids is 1. The number of sulfonamides is 1. The number of hydrogen-bond donors (Lipinski definition) is 3. The number of carbonyl (C=O) groups is 2. The number of rotatable bonds is 10. The van der Waals surface area contributed by atoms with Crippen molar-refractivity contribution in [2.45, 2.75) is 35.7 Å². The van der Waals surface area contributed by atoms with Gasteiger partial charge in [0.25, 0.3) is 10.0 Å². The summed E-state index contributed by atoms with van der Waals surface area (Å²) in [5.74, 6) is -2.23. The molecule has 3 N–H and O–H groups in total. The number of benzene rings is 2. The van der Waals surface area contributed by atoms with Crippen LogP contribution in [-0.2, 0) is 29.8 Å². The van der Waals surface area contributed by atoms with E-state index in [0.29, 0.717) is 18.0 Å². The summed E-state index contributed by atoms with van der Waals surface area (Å²) >= 11 is 0. The number of carboxylic acids is 1. The number of aliphatic carboxylic acids is 1. The van der Waals surface area contributed by atoms with E-state index in [4.69, 9.17) is 19.4 Å². The summed E-state index contributed by atoms with van der Waals surface area (Å²) in [6.45, 7) is 5.06. The molecular weight excluding hydrogens is 555 g/mol. The van der Waals surface area contributed by atoms with E-state index in [1.165, 1.54) is 19.2 Å². The molecule has 10 nitrogen and oxygen atoms in total. The number of alkyl halides is 3. The van der Waals surface area contributed by atoms with Gasteiger partial charge in [0.2, 0.25) is 5.91 Å². The highest BCUT2D eigenvalue weighted by atomic mass is 32.2. The number of hydrogen-bond acceptors (Lipinski definition) is 7. The van der Waals surface area contributed by atoms with E-state index >= 15 is 0 Å². The fourth-order valence-corrected chi connectivity index (χ4v) is 5.20. The zero-order chi connectivity index (χ0) is 29.4. The van der Waals surface area contributed by atoms with Crippen LogP contribution in [0.1, 0.15) is 24.8 Å². The molecule has 1 heterocycles. The molecule has 2 aromatic carbocycles. The van der Waals surface area contributed by atoms with Crippen LogP contribution >= 0.6 is 0 Å². The molecule has 1 saturated heterocycles. The van der Waals surface area contributed by atoms with E-state index in [2.05, 4.69) is 14.9 Å². The van der Waals surface area contributed by atoms with Crippen molar-refractivity contribution in [3.8, 4) is 5.75 Å². The second-order valence-electron chi connectivity index (χ2n) is 9.31. The third-order valence-electron chi connectivity index (χ3n) is 6.51. The van der Waals surface area contributed by atoms with Gasteiger partial charge < -0.3 is 19.9 Å². The van der Waals surface area contributed by atoms with E-state index in [9.17, 15) is 26.4 Å². The van der Waals surface area contributed by atoms with E-state index in [1.807, 2.05) is 12.1 Å². The fourth-order valence-electron chi connectivity index (χ4n) is 4.11. The summed E-state index contributed by atoms with van der Waals surface area (Å²) < 4.78 is 70.2. The minimum absolute atomic E-state index is 0.0502. The van der Waals surface area contributed by atoms with Crippen molar-refractivity contribution in [1.29, 1.82) is 0 Å². The molecule has 40 heavy (non-hydrogen) atoms. The van der Waals surface area contributed by atoms with Crippen LogP contribution in [0.3, 0.4) is 0 Å². The Bertz CT molecular complexity index is 1260. The highest BCUT2D eigenvalue weighted by molar-refractivity contribution is 7.92. The maximum Gasteiger partial charge on any atom is 0.490 e. The number of anilines is 1. The lowest BCUT2D eigenvalue weighted by Gasteiger charge is -2.26. The highest BCUT2D eigenvalue weighted by Crippen LogP contribution is 2.48. The largest absolute Gasteiger partial charge is 0.497 e. The van der Waals surface area contributed by atoms with Gasteiger partial charge in [-0.25, -0.2) is 13.2 Å². The minimum atomic E-state index is -5.08. The fraction of sp³-hybridized carbons (Fsp3) is 0.462. The average molecular weight is 588 g/mol. The Hall–Kier alpha value is -3.36. The van der Waals surface area contributed by atoms with Crippen molar-refractivity contribution in [2.24, 2.45) is 0 Å². The summed E-state index contributed by atoms with van der Waals surface area (Å²) in [6.07, 6.45) is -2.57. The molecule has 1 aliphatic carbocycles. The van der Waals surface area contributed by atoms with Crippen molar-refractivity contribution in [2.75, 3.05) is 51.2 Å². The molecule has 220 valence electrons. The summed E-state index contributed by atoms with van der Waals surface area (Å²) in [5.41, 5.74) is 0.865. The van der Waals surface area contributed by atoms with Gasteiger partial charge in [-0.1, -0.05) is 18.2 Å².